The molecule has 0 spiro atoms. The molecule has 0 saturated heterocycles. The van der Waals surface area contributed by atoms with E-state index in [9.17, 15) is 0 Å². The van der Waals surface area contributed by atoms with Crippen LogP contribution in [0, 0.1) is 5.92 Å². The minimum atomic E-state index is 0.0392. The van der Waals surface area contributed by atoms with Crippen molar-refractivity contribution in [1.29, 1.82) is 0 Å². The Morgan fingerprint density at radius 1 is 1.11 bits per heavy atom. The molecule has 1 N–H and O–H groups in total. The maximum atomic E-state index is 3.85. The van der Waals surface area contributed by atoms with Crippen LogP contribution in [0.15, 0.2) is 28.7 Å². The standard InChI is InChI=1S/C17H26BrN/c1-13(14-7-5-4-6-8-14)19-17(2,3)15-9-11-16(18)12-10-15/h9-14,19H,4-8H2,1-3H3. The lowest BCUT2D eigenvalue weighted by Crippen LogP contribution is -2.46. The predicted molar refractivity (Wildman–Crippen MR) is 86.3 cm³/mol. The zero-order valence-corrected chi connectivity index (χ0v) is 14.0. The fourth-order valence-corrected chi connectivity index (χ4v) is 3.54. The number of benzene rings is 1. The van der Waals surface area contributed by atoms with E-state index in [1.54, 1.807) is 0 Å². The number of rotatable bonds is 4. The maximum Gasteiger partial charge on any atom is 0.0379 e. The monoisotopic (exact) mass is 323 g/mol. The average Bonchev–Trinajstić information content (AvgIpc) is 2.40. The van der Waals surface area contributed by atoms with Crippen LogP contribution in [0.3, 0.4) is 0 Å². The number of nitrogens with one attached hydrogen (secondary N) is 1. The lowest BCUT2D eigenvalue weighted by Gasteiger charge is -2.36. The highest BCUT2D eigenvalue weighted by atomic mass is 79.9. The summed E-state index contributed by atoms with van der Waals surface area (Å²) in [6.07, 6.45) is 7.04. The van der Waals surface area contributed by atoms with E-state index >= 15 is 0 Å². The van der Waals surface area contributed by atoms with Crippen LogP contribution in [0.2, 0.25) is 0 Å². The molecular formula is C17H26BrN. The van der Waals surface area contributed by atoms with Crippen molar-refractivity contribution in [2.45, 2.75) is 64.5 Å². The highest BCUT2D eigenvalue weighted by molar-refractivity contribution is 9.10. The summed E-state index contributed by atoms with van der Waals surface area (Å²) in [6.45, 7) is 6.93. The van der Waals surface area contributed by atoms with Crippen molar-refractivity contribution in [2.75, 3.05) is 0 Å². The molecule has 1 aromatic rings. The SMILES string of the molecule is CC(NC(C)(C)c1ccc(Br)cc1)C1CCCCC1. The van der Waals surface area contributed by atoms with Crippen LogP contribution in [0.25, 0.3) is 0 Å². The first-order valence-corrected chi connectivity index (χ1v) is 8.32. The van der Waals surface area contributed by atoms with Gasteiger partial charge in [-0.3, -0.25) is 0 Å². The fourth-order valence-electron chi connectivity index (χ4n) is 3.27. The molecule has 1 nitrogen and oxygen atoms in total. The first-order chi connectivity index (χ1) is 8.99. The van der Waals surface area contributed by atoms with E-state index in [-0.39, 0.29) is 5.54 Å². The zero-order valence-electron chi connectivity index (χ0n) is 12.4. The summed E-state index contributed by atoms with van der Waals surface area (Å²) in [5.41, 5.74) is 1.40. The second-order valence-electron chi connectivity index (χ2n) is 6.46. The predicted octanol–water partition coefficient (Wildman–Crippen LogP) is 5.24. The Morgan fingerprint density at radius 2 is 1.68 bits per heavy atom. The Bertz CT molecular complexity index is 390. The van der Waals surface area contributed by atoms with Gasteiger partial charge in [-0.2, -0.15) is 0 Å². The van der Waals surface area contributed by atoms with Crippen molar-refractivity contribution >= 4 is 15.9 Å². The molecule has 1 saturated carbocycles. The van der Waals surface area contributed by atoms with Gasteiger partial charge >= 0.3 is 0 Å². The second kappa shape index (κ2) is 6.41. The topological polar surface area (TPSA) is 12.0 Å². The summed E-state index contributed by atoms with van der Waals surface area (Å²) in [4.78, 5) is 0. The molecule has 2 heteroatoms. The van der Waals surface area contributed by atoms with Gasteiger partial charge in [-0.1, -0.05) is 47.3 Å². The fraction of sp³-hybridized carbons (Fsp3) is 0.647. The molecule has 1 aliphatic carbocycles. The van der Waals surface area contributed by atoms with E-state index in [2.05, 4.69) is 66.3 Å². The van der Waals surface area contributed by atoms with Gasteiger partial charge in [0.2, 0.25) is 0 Å². The molecule has 1 fully saturated rings. The van der Waals surface area contributed by atoms with E-state index < -0.39 is 0 Å². The van der Waals surface area contributed by atoms with Crippen molar-refractivity contribution in [3.63, 3.8) is 0 Å². The molecule has 1 unspecified atom stereocenters. The van der Waals surface area contributed by atoms with Crippen LogP contribution in [-0.2, 0) is 5.54 Å². The molecule has 0 heterocycles. The normalized spacial score (nSPS) is 19.4. The zero-order chi connectivity index (χ0) is 13.9. The Morgan fingerprint density at radius 3 is 2.26 bits per heavy atom. The van der Waals surface area contributed by atoms with Crippen molar-refractivity contribution < 1.29 is 0 Å². The van der Waals surface area contributed by atoms with Gasteiger partial charge < -0.3 is 5.32 Å². The van der Waals surface area contributed by atoms with Gasteiger partial charge in [0.05, 0.1) is 0 Å². The average molecular weight is 324 g/mol. The van der Waals surface area contributed by atoms with Crippen molar-refractivity contribution in [3.05, 3.63) is 34.3 Å². The molecule has 0 radical (unpaired) electrons. The van der Waals surface area contributed by atoms with E-state index in [0.717, 1.165) is 10.4 Å². The minimum Gasteiger partial charge on any atom is -0.305 e. The summed E-state index contributed by atoms with van der Waals surface area (Å²) in [7, 11) is 0. The molecule has 106 valence electrons. The highest BCUT2D eigenvalue weighted by Gasteiger charge is 2.27. The Labute approximate surface area is 126 Å². The van der Waals surface area contributed by atoms with Crippen LogP contribution in [-0.4, -0.2) is 6.04 Å². The lowest BCUT2D eigenvalue weighted by molar-refractivity contribution is 0.233. The molecular weight excluding hydrogens is 298 g/mol. The van der Waals surface area contributed by atoms with Crippen LogP contribution >= 0.6 is 15.9 Å². The molecule has 0 aromatic heterocycles. The second-order valence-corrected chi connectivity index (χ2v) is 7.38. The molecule has 0 bridgehead atoms. The summed E-state index contributed by atoms with van der Waals surface area (Å²) < 4.78 is 1.15. The van der Waals surface area contributed by atoms with Gasteiger partial charge in [0.1, 0.15) is 0 Å². The van der Waals surface area contributed by atoms with Crippen molar-refractivity contribution in [2.24, 2.45) is 5.92 Å². The summed E-state index contributed by atoms with van der Waals surface area (Å²) in [6, 6.07) is 9.28. The first kappa shape index (κ1) is 15.1. The minimum absolute atomic E-state index is 0.0392. The van der Waals surface area contributed by atoms with Gasteiger partial charge in [-0.25, -0.2) is 0 Å². The molecule has 1 aliphatic rings. The molecule has 0 aliphatic heterocycles. The van der Waals surface area contributed by atoms with Crippen LogP contribution in [0.4, 0.5) is 0 Å². The van der Waals surface area contributed by atoms with E-state index in [4.69, 9.17) is 0 Å². The summed E-state index contributed by atoms with van der Waals surface area (Å²) in [5.74, 6) is 0.850. The van der Waals surface area contributed by atoms with Gasteiger partial charge in [0.25, 0.3) is 0 Å². The van der Waals surface area contributed by atoms with Gasteiger partial charge in [0.15, 0.2) is 0 Å². The summed E-state index contributed by atoms with van der Waals surface area (Å²) >= 11 is 3.51. The number of halogens is 1. The molecule has 19 heavy (non-hydrogen) atoms. The van der Waals surface area contributed by atoms with Crippen LogP contribution in [0.1, 0.15) is 58.4 Å². The van der Waals surface area contributed by atoms with Crippen molar-refractivity contribution in [3.8, 4) is 0 Å². The smallest absolute Gasteiger partial charge is 0.0379 e. The first-order valence-electron chi connectivity index (χ1n) is 7.53. The third kappa shape index (κ3) is 4.06. The Kier molecular flexibility index (Phi) is 5.08. The van der Waals surface area contributed by atoms with E-state index in [0.29, 0.717) is 6.04 Å². The lowest BCUT2D eigenvalue weighted by atomic mass is 9.83. The van der Waals surface area contributed by atoms with Gasteiger partial charge in [0, 0.05) is 16.1 Å². The van der Waals surface area contributed by atoms with Crippen LogP contribution in [0.5, 0.6) is 0 Å². The number of hydrogen-bond acceptors (Lipinski definition) is 1. The molecule has 1 atom stereocenters. The summed E-state index contributed by atoms with van der Waals surface area (Å²) in [5, 5.41) is 3.85. The number of hydrogen-bond donors (Lipinski definition) is 1. The third-order valence-corrected chi connectivity index (χ3v) is 5.04. The quantitative estimate of drug-likeness (QED) is 0.798. The molecule has 0 amide bonds. The van der Waals surface area contributed by atoms with Crippen molar-refractivity contribution in [1.82, 2.24) is 5.32 Å². The van der Waals surface area contributed by atoms with E-state index in [1.165, 1.54) is 37.7 Å². The largest absolute Gasteiger partial charge is 0.305 e. The van der Waals surface area contributed by atoms with Gasteiger partial charge in [-0.15, -0.1) is 0 Å². The van der Waals surface area contributed by atoms with Gasteiger partial charge in [-0.05, 0) is 57.2 Å². The Hall–Kier alpha value is -0.340. The molecule has 1 aromatic carbocycles. The third-order valence-electron chi connectivity index (χ3n) is 4.51. The van der Waals surface area contributed by atoms with Crippen LogP contribution < -0.4 is 5.32 Å². The van der Waals surface area contributed by atoms with E-state index in [1.807, 2.05) is 0 Å². The molecule has 2 rings (SSSR count). The maximum absolute atomic E-state index is 3.85. The Balaban J connectivity index is 2.01. The highest BCUT2D eigenvalue weighted by Crippen LogP contribution is 2.29.